The Kier molecular flexibility index (Phi) is 1.96. The van der Waals surface area contributed by atoms with E-state index in [2.05, 4.69) is 10.1 Å². The van der Waals surface area contributed by atoms with Gasteiger partial charge >= 0.3 is 0 Å². The van der Waals surface area contributed by atoms with Gasteiger partial charge in [-0.05, 0) is 31.4 Å². The summed E-state index contributed by atoms with van der Waals surface area (Å²) >= 11 is 0. The highest BCUT2D eigenvalue weighted by atomic mass is 16.5. The first kappa shape index (κ1) is 9.39. The number of rotatable bonds is 2. The van der Waals surface area contributed by atoms with E-state index in [-0.39, 0.29) is 0 Å². The molecule has 1 saturated carbocycles. The molecule has 0 spiro atoms. The molecule has 0 bridgehead atoms. The summed E-state index contributed by atoms with van der Waals surface area (Å²) in [6.07, 6.45) is 4.19. The quantitative estimate of drug-likeness (QED) is 0.835. The van der Waals surface area contributed by atoms with E-state index in [1.165, 1.54) is 12.8 Å². The van der Waals surface area contributed by atoms with Gasteiger partial charge in [0.25, 0.3) is 0 Å². The van der Waals surface area contributed by atoms with Crippen LogP contribution in [0.5, 0.6) is 0 Å². The summed E-state index contributed by atoms with van der Waals surface area (Å²) < 4.78 is 5.28. The molecule has 0 unspecified atom stereocenters. The molecule has 0 aromatic carbocycles. The molecule has 2 heterocycles. The van der Waals surface area contributed by atoms with Crippen molar-refractivity contribution in [2.24, 2.45) is 0 Å². The van der Waals surface area contributed by atoms with Crippen molar-refractivity contribution >= 4 is 5.69 Å². The standard InChI is InChI=1S/C12H13N3O/c1-7-6-14-11(4-9(7)13)12-5-10(15-16-12)8-2-3-8/h4-6,8H,2-3H2,1H3,(H2,13,14). The van der Waals surface area contributed by atoms with Gasteiger partial charge < -0.3 is 10.3 Å². The molecule has 2 N–H and O–H groups in total. The summed E-state index contributed by atoms with van der Waals surface area (Å²) in [5.41, 5.74) is 9.33. The molecule has 2 aromatic rings. The van der Waals surface area contributed by atoms with E-state index in [0.29, 0.717) is 11.7 Å². The summed E-state index contributed by atoms with van der Waals surface area (Å²) in [7, 11) is 0. The van der Waals surface area contributed by atoms with Crippen molar-refractivity contribution in [3.8, 4) is 11.5 Å². The lowest BCUT2D eigenvalue weighted by Crippen LogP contribution is -1.92. The molecule has 4 heteroatoms. The third-order valence-corrected chi connectivity index (χ3v) is 2.92. The van der Waals surface area contributed by atoms with Gasteiger partial charge in [-0.1, -0.05) is 5.16 Å². The van der Waals surface area contributed by atoms with E-state index >= 15 is 0 Å². The highest BCUT2D eigenvalue weighted by Gasteiger charge is 2.27. The molecule has 0 atom stereocenters. The molecule has 0 aliphatic heterocycles. The molecule has 4 nitrogen and oxygen atoms in total. The largest absolute Gasteiger partial charge is 0.398 e. The maximum atomic E-state index is 5.83. The molecule has 3 rings (SSSR count). The number of pyridine rings is 1. The normalized spacial score (nSPS) is 15.3. The third-order valence-electron chi connectivity index (χ3n) is 2.92. The zero-order valence-corrected chi connectivity index (χ0v) is 9.10. The molecule has 0 saturated heterocycles. The Hall–Kier alpha value is -1.84. The highest BCUT2D eigenvalue weighted by molar-refractivity contribution is 5.60. The topological polar surface area (TPSA) is 64.9 Å². The van der Waals surface area contributed by atoms with Gasteiger partial charge in [0, 0.05) is 23.9 Å². The van der Waals surface area contributed by atoms with Crippen LogP contribution in [0.25, 0.3) is 11.5 Å². The number of aryl methyl sites for hydroxylation is 1. The highest BCUT2D eigenvalue weighted by Crippen LogP contribution is 2.40. The fourth-order valence-corrected chi connectivity index (χ4v) is 1.66. The van der Waals surface area contributed by atoms with Crippen LogP contribution in [0, 0.1) is 6.92 Å². The predicted molar refractivity (Wildman–Crippen MR) is 60.9 cm³/mol. The minimum Gasteiger partial charge on any atom is -0.398 e. The maximum absolute atomic E-state index is 5.83. The lowest BCUT2D eigenvalue weighted by molar-refractivity contribution is 0.422. The van der Waals surface area contributed by atoms with Gasteiger partial charge in [-0.15, -0.1) is 0 Å². The molecular formula is C12H13N3O. The van der Waals surface area contributed by atoms with Gasteiger partial charge in [0.15, 0.2) is 5.76 Å². The van der Waals surface area contributed by atoms with Crippen LogP contribution in [0.2, 0.25) is 0 Å². The second-order valence-electron chi connectivity index (χ2n) is 4.32. The first-order valence-corrected chi connectivity index (χ1v) is 5.43. The Labute approximate surface area is 93.5 Å². The number of aromatic nitrogens is 2. The van der Waals surface area contributed by atoms with Gasteiger partial charge in [0.05, 0.1) is 5.69 Å². The van der Waals surface area contributed by atoms with Crippen molar-refractivity contribution in [2.45, 2.75) is 25.7 Å². The minimum atomic E-state index is 0.597. The minimum absolute atomic E-state index is 0.597. The van der Waals surface area contributed by atoms with Crippen molar-refractivity contribution in [2.75, 3.05) is 5.73 Å². The Morgan fingerprint density at radius 3 is 2.88 bits per heavy atom. The van der Waals surface area contributed by atoms with Crippen LogP contribution < -0.4 is 5.73 Å². The molecule has 82 valence electrons. The lowest BCUT2D eigenvalue weighted by atomic mass is 10.2. The summed E-state index contributed by atoms with van der Waals surface area (Å²) in [5.74, 6) is 1.30. The second kappa shape index (κ2) is 3.33. The average molecular weight is 215 g/mol. The number of nitrogens with zero attached hydrogens (tertiary/aromatic N) is 2. The van der Waals surface area contributed by atoms with Crippen LogP contribution in [0.3, 0.4) is 0 Å². The number of hydrogen-bond acceptors (Lipinski definition) is 4. The van der Waals surface area contributed by atoms with Crippen molar-refractivity contribution < 1.29 is 4.52 Å². The summed E-state index contributed by atoms with van der Waals surface area (Å²) in [6, 6.07) is 3.79. The maximum Gasteiger partial charge on any atom is 0.185 e. The molecule has 2 aromatic heterocycles. The Bertz CT molecular complexity index is 529. The molecule has 0 amide bonds. The van der Waals surface area contributed by atoms with Crippen LogP contribution >= 0.6 is 0 Å². The number of nitrogen functional groups attached to an aromatic ring is 1. The Morgan fingerprint density at radius 2 is 2.19 bits per heavy atom. The van der Waals surface area contributed by atoms with Crippen molar-refractivity contribution in [3.05, 3.63) is 29.6 Å². The van der Waals surface area contributed by atoms with Crippen LogP contribution in [0.1, 0.15) is 30.0 Å². The fourth-order valence-electron chi connectivity index (χ4n) is 1.66. The molecule has 1 fully saturated rings. The van der Waals surface area contributed by atoms with Crippen LogP contribution in [-0.4, -0.2) is 10.1 Å². The zero-order valence-electron chi connectivity index (χ0n) is 9.10. The van der Waals surface area contributed by atoms with Crippen molar-refractivity contribution in [1.29, 1.82) is 0 Å². The van der Waals surface area contributed by atoms with E-state index in [0.717, 1.165) is 22.6 Å². The fraction of sp³-hybridized carbons (Fsp3) is 0.333. The summed E-state index contributed by atoms with van der Waals surface area (Å²) in [5, 5.41) is 4.05. The second-order valence-corrected chi connectivity index (χ2v) is 4.32. The van der Waals surface area contributed by atoms with E-state index in [9.17, 15) is 0 Å². The van der Waals surface area contributed by atoms with Gasteiger partial charge in [-0.2, -0.15) is 0 Å². The molecule has 1 aliphatic rings. The predicted octanol–water partition coefficient (Wildman–Crippen LogP) is 2.50. The first-order valence-electron chi connectivity index (χ1n) is 5.43. The third kappa shape index (κ3) is 1.56. The summed E-state index contributed by atoms with van der Waals surface area (Å²) in [6.45, 7) is 1.93. The zero-order chi connectivity index (χ0) is 11.1. The molecular weight excluding hydrogens is 202 g/mol. The monoisotopic (exact) mass is 215 g/mol. The van der Waals surface area contributed by atoms with Gasteiger partial charge in [0.1, 0.15) is 5.69 Å². The molecule has 1 aliphatic carbocycles. The van der Waals surface area contributed by atoms with E-state index in [1.54, 1.807) is 6.20 Å². The van der Waals surface area contributed by atoms with E-state index in [4.69, 9.17) is 10.3 Å². The van der Waals surface area contributed by atoms with Crippen LogP contribution in [0.15, 0.2) is 22.9 Å². The number of nitrogens with two attached hydrogens (primary N) is 1. The SMILES string of the molecule is Cc1cnc(-c2cc(C3CC3)no2)cc1N. The average Bonchev–Trinajstić information content (AvgIpc) is 3.01. The van der Waals surface area contributed by atoms with Crippen LogP contribution in [-0.2, 0) is 0 Å². The van der Waals surface area contributed by atoms with Crippen molar-refractivity contribution in [1.82, 2.24) is 10.1 Å². The van der Waals surface area contributed by atoms with E-state index < -0.39 is 0 Å². The molecule has 16 heavy (non-hydrogen) atoms. The van der Waals surface area contributed by atoms with E-state index in [1.807, 2.05) is 19.1 Å². The molecule has 0 radical (unpaired) electrons. The van der Waals surface area contributed by atoms with Gasteiger partial charge in [-0.25, -0.2) is 0 Å². The lowest BCUT2D eigenvalue weighted by Gasteiger charge is -2.00. The Balaban J connectivity index is 1.97. The van der Waals surface area contributed by atoms with Gasteiger partial charge in [-0.3, -0.25) is 4.98 Å². The van der Waals surface area contributed by atoms with Crippen molar-refractivity contribution in [3.63, 3.8) is 0 Å². The number of anilines is 1. The Morgan fingerprint density at radius 1 is 1.38 bits per heavy atom. The first-order chi connectivity index (χ1) is 7.74. The number of hydrogen-bond donors (Lipinski definition) is 1. The van der Waals surface area contributed by atoms with Crippen LogP contribution in [0.4, 0.5) is 5.69 Å². The summed E-state index contributed by atoms with van der Waals surface area (Å²) in [4.78, 5) is 4.29. The smallest absolute Gasteiger partial charge is 0.185 e. The van der Waals surface area contributed by atoms with Gasteiger partial charge in [0.2, 0.25) is 0 Å².